The van der Waals surface area contributed by atoms with E-state index >= 15 is 0 Å². The Morgan fingerprint density at radius 1 is 0.810 bits per heavy atom. The van der Waals surface area contributed by atoms with E-state index in [0.717, 1.165) is 29.3 Å². The largest absolute Gasteiger partial charge is 0.508 e. The molecule has 2 aliphatic heterocycles. The number of aromatic hydroxyl groups is 1. The van der Waals surface area contributed by atoms with Crippen molar-refractivity contribution in [3.05, 3.63) is 110 Å². The molecule has 2 aliphatic rings. The fourth-order valence-corrected chi connectivity index (χ4v) is 8.16. The zero-order valence-corrected chi connectivity index (χ0v) is 35.6. The molecule has 58 heavy (non-hydrogen) atoms. The molecule has 1 atom stereocenters. The minimum Gasteiger partial charge on any atom is -0.508 e. The number of unbranched alkanes of at least 4 members (excludes halogenated alkanes) is 10. The lowest BCUT2D eigenvalue weighted by Gasteiger charge is -2.25. The van der Waals surface area contributed by atoms with Crippen LogP contribution in [0.1, 0.15) is 109 Å². The summed E-state index contributed by atoms with van der Waals surface area (Å²) < 4.78 is 0. The van der Waals surface area contributed by atoms with E-state index in [2.05, 4.69) is 29.3 Å². The number of rotatable bonds is 22. The number of amides is 3. The summed E-state index contributed by atoms with van der Waals surface area (Å²) in [4.78, 5) is 56.1. The topological polar surface area (TPSA) is 126 Å². The number of hydrogen-bond acceptors (Lipinski definition) is 8. The van der Waals surface area contributed by atoms with Crippen LogP contribution < -0.4 is 10.0 Å². The van der Waals surface area contributed by atoms with Crippen LogP contribution in [0.5, 0.6) is 5.75 Å². The van der Waals surface area contributed by atoms with Gasteiger partial charge in [0.25, 0.3) is 17.5 Å². The molecule has 1 unspecified atom stereocenters. The quantitative estimate of drug-likeness (QED) is 0.0268. The lowest BCUT2D eigenvalue weighted by atomic mass is 10.0. The molecule has 0 radical (unpaired) electrons. The number of carbonyl (C=O) groups excluding carboxylic acids is 3. The van der Waals surface area contributed by atoms with E-state index in [-0.39, 0.29) is 61.0 Å². The van der Waals surface area contributed by atoms with Crippen molar-refractivity contribution in [1.29, 1.82) is 0 Å². The number of anilines is 2. The number of halogens is 4. The molecule has 1 N–H and O–H groups in total. The van der Waals surface area contributed by atoms with Gasteiger partial charge >= 0.3 is 11.7 Å². The molecule has 3 aromatic carbocycles. The summed E-state index contributed by atoms with van der Waals surface area (Å²) in [6.07, 6.45) is 19.8. The third-order valence-electron chi connectivity index (χ3n) is 9.90. The molecule has 3 aromatic rings. The second kappa shape index (κ2) is 22.2. The minimum atomic E-state index is -1.000. The number of nitroso groups, excluding NO2 is 1. The Morgan fingerprint density at radius 2 is 1.40 bits per heavy atom. The van der Waals surface area contributed by atoms with E-state index in [0.29, 0.717) is 23.4 Å². The SMILES string of the molecule is CCCCCCCCCCCCC=CCCC(Cl)Cc1ccccc1N(C1=C(N=Nc2ccc(O)cc2)C(=O)N(c2c(Cl)cc(Cl)cc2Cl)[N+]1=O)N1C(=O)CCC1=O. The first-order chi connectivity index (χ1) is 28.0. The molecule has 1 saturated heterocycles. The highest BCUT2D eigenvalue weighted by atomic mass is 35.5. The third kappa shape index (κ3) is 11.7. The summed E-state index contributed by atoms with van der Waals surface area (Å²) in [5, 5.41) is 20.3. The van der Waals surface area contributed by atoms with Gasteiger partial charge in [0, 0.05) is 28.8 Å². The average Bonchev–Trinajstić information content (AvgIpc) is 3.64. The highest BCUT2D eigenvalue weighted by Gasteiger charge is 2.56. The van der Waals surface area contributed by atoms with E-state index in [4.69, 9.17) is 46.4 Å². The normalized spacial score (nSPS) is 15.3. The number of para-hydroxylation sites is 1. The number of azo groups is 1. The highest BCUT2D eigenvalue weighted by Crippen LogP contribution is 2.43. The zero-order chi connectivity index (χ0) is 41.6. The fraction of sp³-hybridized carbons (Fsp3) is 0.419. The molecule has 0 bridgehead atoms. The third-order valence-corrected chi connectivity index (χ3v) is 11.1. The predicted molar refractivity (Wildman–Crippen MR) is 230 cm³/mol. The maximum Gasteiger partial charge on any atom is 0.407 e. The number of phenols is 1. The van der Waals surface area contributed by atoms with Gasteiger partial charge in [0.05, 0.1) is 15.7 Å². The number of phenolic OH excluding ortho intramolecular Hbond substituents is 1. The second-order valence-corrected chi connectivity index (χ2v) is 16.2. The molecule has 15 heteroatoms. The molecule has 0 spiro atoms. The maximum atomic E-state index is 14.6. The van der Waals surface area contributed by atoms with Crippen LogP contribution in [0.3, 0.4) is 0 Å². The fourth-order valence-electron chi connectivity index (χ4n) is 6.89. The number of allylic oxidation sites excluding steroid dienone is 2. The first-order valence-electron chi connectivity index (χ1n) is 20.0. The molecule has 308 valence electrons. The van der Waals surface area contributed by atoms with Crippen molar-refractivity contribution < 1.29 is 24.4 Å². The Morgan fingerprint density at radius 3 is 2.03 bits per heavy atom. The van der Waals surface area contributed by atoms with Gasteiger partial charge in [-0.25, -0.2) is 0 Å². The summed E-state index contributed by atoms with van der Waals surface area (Å²) in [7, 11) is 0. The predicted octanol–water partition coefficient (Wildman–Crippen LogP) is 12.7. The van der Waals surface area contributed by atoms with Gasteiger partial charge in [0.15, 0.2) is 5.69 Å². The smallest absolute Gasteiger partial charge is 0.407 e. The molecule has 3 amide bonds. The Hall–Kier alpha value is -4.29. The summed E-state index contributed by atoms with van der Waals surface area (Å²) in [5.74, 6) is -2.73. The molecule has 0 aliphatic carbocycles. The van der Waals surface area contributed by atoms with Crippen molar-refractivity contribution in [1.82, 2.24) is 5.01 Å². The van der Waals surface area contributed by atoms with Crippen LogP contribution in [-0.2, 0) is 20.8 Å². The standard InChI is InChI=1S/C43H48Cl4N6O5/c1-2-3-4-5-6-7-8-9-10-11-12-13-14-15-19-31(44)27-30-18-16-17-20-37(30)50(51-38(55)25-26-39(51)56)42-40(49-48-33-21-23-34(54)24-22-33)43(57)52(53(42)58)41-35(46)28-32(45)29-36(41)47/h13-14,16-18,20-24,28-29,31H,2-12,15,19,25-27H2,1H3/p+1. The van der Waals surface area contributed by atoms with Crippen LogP contribution in [0.25, 0.3) is 0 Å². The average molecular weight is 872 g/mol. The molecule has 5 rings (SSSR count). The van der Waals surface area contributed by atoms with Gasteiger partial charge in [-0.2, -0.15) is 5.11 Å². The van der Waals surface area contributed by atoms with E-state index in [9.17, 15) is 24.4 Å². The lowest BCUT2D eigenvalue weighted by molar-refractivity contribution is -0.499. The molecule has 11 nitrogen and oxygen atoms in total. The van der Waals surface area contributed by atoms with E-state index < -0.39 is 29.2 Å². The zero-order valence-electron chi connectivity index (χ0n) is 32.6. The number of hydrogen-bond donors (Lipinski definition) is 1. The Balaban J connectivity index is 1.39. The van der Waals surface area contributed by atoms with Gasteiger partial charge in [-0.15, -0.1) is 26.7 Å². The highest BCUT2D eigenvalue weighted by molar-refractivity contribution is 6.42. The Bertz CT molecular complexity index is 2000. The van der Waals surface area contributed by atoms with Gasteiger partial charge in [0.1, 0.15) is 16.3 Å². The van der Waals surface area contributed by atoms with Gasteiger partial charge in [-0.05, 0) is 79.5 Å². The van der Waals surface area contributed by atoms with Gasteiger partial charge in [-0.1, -0.05) is 135 Å². The van der Waals surface area contributed by atoms with Gasteiger partial charge in [-0.3, -0.25) is 14.4 Å². The minimum absolute atomic E-state index is 0.0217. The Kier molecular flexibility index (Phi) is 17.1. The summed E-state index contributed by atoms with van der Waals surface area (Å²) >= 11 is 26.1. The van der Waals surface area contributed by atoms with E-state index in [1.165, 1.54) is 94.2 Å². The summed E-state index contributed by atoms with van der Waals surface area (Å²) in [6, 6.07) is 15.2. The second-order valence-electron chi connectivity index (χ2n) is 14.4. The summed E-state index contributed by atoms with van der Waals surface area (Å²) in [6.45, 7) is 2.24. The van der Waals surface area contributed by atoms with Crippen molar-refractivity contribution in [2.75, 3.05) is 10.0 Å². The lowest BCUT2D eigenvalue weighted by Crippen LogP contribution is -2.49. The molecular weight excluding hydrogens is 822 g/mol. The van der Waals surface area contributed by atoms with Crippen LogP contribution >= 0.6 is 46.4 Å². The van der Waals surface area contributed by atoms with Crippen molar-refractivity contribution in [2.24, 2.45) is 10.2 Å². The van der Waals surface area contributed by atoms with Crippen molar-refractivity contribution >= 4 is 81.2 Å². The number of carbonyl (C=O) groups is 3. The van der Waals surface area contributed by atoms with Crippen LogP contribution in [0.2, 0.25) is 15.1 Å². The number of hydrazine groups is 2. The number of benzene rings is 3. The molecule has 0 aromatic heterocycles. The van der Waals surface area contributed by atoms with Crippen molar-refractivity contribution in [3.8, 4) is 5.75 Å². The van der Waals surface area contributed by atoms with Crippen LogP contribution in [-0.4, -0.2) is 38.1 Å². The molecule has 2 heterocycles. The van der Waals surface area contributed by atoms with Crippen molar-refractivity contribution in [3.63, 3.8) is 0 Å². The van der Waals surface area contributed by atoms with Crippen LogP contribution in [0, 0.1) is 4.91 Å². The van der Waals surface area contributed by atoms with E-state index in [1.807, 2.05) is 0 Å². The van der Waals surface area contributed by atoms with Crippen LogP contribution in [0.15, 0.2) is 94.6 Å². The van der Waals surface area contributed by atoms with Gasteiger partial charge in [0.2, 0.25) is 0 Å². The first kappa shape index (κ1) is 44.8. The van der Waals surface area contributed by atoms with Crippen LogP contribution in [0.4, 0.5) is 17.1 Å². The monoisotopic (exact) mass is 869 g/mol. The number of imide groups is 1. The Labute approximate surface area is 359 Å². The summed E-state index contributed by atoms with van der Waals surface area (Å²) in [5.41, 5.74) is 0.369. The van der Waals surface area contributed by atoms with Gasteiger partial charge < -0.3 is 5.11 Å². The first-order valence-corrected chi connectivity index (χ1v) is 21.5. The van der Waals surface area contributed by atoms with Crippen molar-refractivity contribution in [2.45, 2.75) is 115 Å². The maximum absolute atomic E-state index is 14.6. The van der Waals surface area contributed by atoms with E-state index in [1.54, 1.807) is 24.3 Å². The molecule has 0 saturated carbocycles. The molecular formula is C43H49Cl4N6O5+. The number of nitrogens with zero attached hydrogens (tertiary/aromatic N) is 6. The molecule has 1 fully saturated rings. The number of alkyl halides is 1.